The van der Waals surface area contributed by atoms with Gasteiger partial charge in [-0.15, -0.1) is 0 Å². The lowest BCUT2D eigenvalue weighted by atomic mass is 9.85. The zero-order valence-electron chi connectivity index (χ0n) is 16.4. The average molecular weight is 421 g/mol. The number of carbonyl (C=O) groups excluding carboxylic acids is 2. The maximum absolute atomic E-state index is 13.1. The van der Waals surface area contributed by atoms with Crippen LogP contribution >= 0.6 is 0 Å². The third-order valence-electron chi connectivity index (χ3n) is 5.61. The maximum Gasteiger partial charge on any atom is 0.435 e. The van der Waals surface area contributed by atoms with Crippen LogP contribution in [-0.2, 0) is 30.2 Å². The van der Waals surface area contributed by atoms with E-state index in [0.29, 0.717) is 37.3 Å². The van der Waals surface area contributed by atoms with Crippen LogP contribution in [0.5, 0.6) is 0 Å². The maximum atomic E-state index is 13.1. The number of carbonyl (C=O) groups is 2. The van der Waals surface area contributed by atoms with Crippen LogP contribution in [0.25, 0.3) is 0 Å². The second-order valence-corrected chi connectivity index (χ2v) is 7.54. The minimum absolute atomic E-state index is 0.0114. The fourth-order valence-corrected chi connectivity index (χ4v) is 4.11. The summed E-state index contributed by atoms with van der Waals surface area (Å²) in [4.78, 5) is 26.6. The Morgan fingerprint density at radius 1 is 1.30 bits per heavy atom. The summed E-state index contributed by atoms with van der Waals surface area (Å²) in [6.45, 7) is 2.91. The van der Waals surface area contributed by atoms with E-state index in [9.17, 15) is 22.8 Å². The molecule has 1 aromatic heterocycles. The van der Waals surface area contributed by atoms with E-state index < -0.39 is 17.8 Å². The number of hydrogen-bond acceptors (Lipinski definition) is 3. The summed E-state index contributed by atoms with van der Waals surface area (Å²) >= 11 is 0. The highest BCUT2D eigenvalue weighted by molar-refractivity contribution is 5.97. The molecule has 1 atom stereocenters. The lowest BCUT2D eigenvalue weighted by molar-refractivity contribution is -0.142. The van der Waals surface area contributed by atoms with Gasteiger partial charge in [0.1, 0.15) is 0 Å². The molecule has 1 aliphatic heterocycles. The molecule has 30 heavy (non-hydrogen) atoms. The number of nitrogens with zero attached hydrogens (tertiary/aromatic N) is 2. The topological polar surface area (TPSA) is 90.1 Å². The van der Waals surface area contributed by atoms with Crippen molar-refractivity contribution < 1.29 is 22.8 Å². The number of rotatable bonds is 3. The molecular weight excluding hydrogens is 399 g/mol. The molecule has 7 nitrogen and oxygen atoms in total. The van der Waals surface area contributed by atoms with Gasteiger partial charge in [0.25, 0.3) is 0 Å². The lowest BCUT2D eigenvalue weighted by Gasteiger charge is -2.23. The number of aromatic amines is 1. The third-order valence-corrected chi connectivity index (χ3v) is 5.61. The molecule has 0 saturated heterocycles. The Kier molecular flexibility index (Phi) is 5.17. The van der Waals surface area contributed by atoms with Gasteiger partial charge in [-0.3, -0.25) is 14.8 Å². The van der Waals surface area contributed by atoms with Crippen LogP contribution in [-0.4, -0.2) is 35.2 Å². The monoisotopic (exact) mass is 421 g/mol. The number of benzene rings is 1. The van der Waals surface area contributed by atoms with Gasteiger partial charge in [0.15, 0.2) is 5.69 Å². The van der Waals surface area contributed by atoms with Gasteiger partial charge in [-0.25, -0.2) is 4.79 Å². The molecule has 0 unspecified atom stereocenters. The van der Waals surface area contributed by atoms with Crippen molar-refractivity contribution in [2.45, 2.75) is 38.8 Å². The lowest BCUT2D eigenvalue weighted by Crippen LogP contribution is -2.38. The summed E-state index contributed by atoms with van der Waals surface area (Å²) in [7, 11) is 0. The van der Waals surface area contributed by atoms with E-state index >= 15 is 0 Å². The number of amides is 3. The molecular formula is C20H22F3N5O2. The van der Waals surface area contributed by atoms with Crippen molar-refractivity contribution in [1.82, 2.24) is 15.5 Å². The van der Waals surface area contributed by atoms with E-state index in [0.717, 1.165) is 17.7 Å². The van der Waals surface area contributed by atoms with Crippen LogP contribution in [0, 0.1) is 5.92 Å². The highest BCUT2D eigenvalue weighted by Crippen LogP contribution is 2.37. The first-order chi connectivity index (χ1) is 14.3. The van der Waals surface area contributed by atoms with E-state index in [1.54, 1.807) is 17.0 Å². The van der Waals surface area contributed by atoms with Crippen molar-refractivity contribution in [3.63, 3.8) is 0 Å². The number of nitrogens with one attached hydrogen (secondary N) is 3. The summed E-state index contributed by atoms with van der Waals surface area (Å²) in [6.07, 6.45) is -3.06. The second kappa shape index (κ2) is 7.66. The Morgan fingerprint density at radius 2 is 2.10 bits per heavy atom. The second-order valence-electron chi connectivity index (χ2n) is 7.54. The van der Waals surface area contributed by atoms with Crippen molar-refractivity contribution in [2.75, 3.05) is 23.3 Å². The molecule has 10 heteroatoms. The highest BCUT2D eigenvalue weighted by Gasteiger charge is 2.40. The van der Waals surface area contributed by atoms with E-state index in [1.807, 2.05) is 13.0 Å². The number of alkyl halides is 3. The zero-order chi connectivity index (χ0) is 21.5. The van der Waals surface area contributed by atoms with E-state index in [2.05, 4.69) is 20.8 Å². The first-order valence-electron chi connectivity index (χ1n) is 9.90. The van der Waals surface area contributed by atoms with Gasteiger partial charge in [0, 0.05) is 36.0 Å². The molecule has 0 radical (unpaired) electrons. The highest BCUT2D eigenvalue weighted by atomic mass is 19.4. The first kappa shape index (κ1) is 20.2. The molecule has 0 spiro atoms. The average Bonchev–Trinajstić information content (AvgIpc) is 3.31. The molecule has 160 valence electrons. The summed E-state index contributed by atoms with van der Waals surface area (Å²) in [5.41, 5.74) is 1.84. The van der Waals surface area contributed by atoms with Crippen LogP contribution in [0.2, 0.25) is 0 Å². The quantitative estimate of drug-likeness (QED) is 0.711. The van der Waals surface area contributed by atoms with Gasteiger partial charge in [-0.1, -0.05) is 6.07 Å². The Labute approximate surface area is 171 Å². The molecule has 2 aliphatic rings. The van der Waals surface area contributed by atoms with Crippen molar-refractivity contribution >= 4 is 23.3 Å². The zero-order valence-corrected chi connectivity index (χ0v) is 16.4. The van der Waals surface area contributed by atoms with E-state index in [1.165, 1.54) is 0 Å². The molecule has 3 N–H and O–H groups in total. The predicted molar refractivity (Wildman–Crippen MR) is 104 cm³/mol. The third kappa shape index (κ3) is 3.73. The fraction of sp³-hybridized carbons (Fsp3) is 0.450. The normalized spacial score (nSPS) is 18.0. The van der Waals surface area contributed by atoms with Gasteiger partial charge in [-0.2, -0.15) is 18.3 Å². The van der Waals surface area contributed by atoms with Crippen LogP contribution in [0.4, 0.5) is 29.3 Å². The van der Waals surface area contributed by atoms with Gasteiger partial charge in [0.05, 0.1) is 5.69 Å². The number of halogens is 3. The predicted octanol–water partition coefficient (Wildman–Crippen LogP) is 3.26. The van der Waals surface area contributed by atoms with Crippen molar-refractivity contribution in [3.8, 4) is 0 Å². The van der Waals surface area contributed by atoms with Crippen LogP contribution < -0.4 is 15.5 Å². The molecule has 0 saturated carbocycles. The first-order valence-corrected chi connectivity index (χ1v) is 9.90. The van der Waals surface area contributed by atoms with E-state index in [-0.39, 0.29) is 23.9 Å². The fourth-order valence-electron chi connectivity index (χ4n) is 4.11. The summed E-state index contributed by atoms with van der Waals surface area (Å²) in [5.74, 6) is -0.915. The standard InChI is InChI=1S/C20H22F3N5O2/c1-2-24-19(30)28-8-7-11-3-5-13(10-16(11)28)25-18(29)12-4-6-15-14(9-12)17(27-26-15)20(21,22)23/h3,5,10,12H,2,4,6-9H2,1H3,(H,24,30)(H,25,29)(H,26,27)/t12-/m0/s1. The summed E-state index contributed by atoms with van der Waals surface area (Å²) < 4.78 is 39.4. The largest absolute Gasteiger partial charge is 0.435 e. The molecule has 0 fully saturated rings. The van der Waals surface area contributed by atoms with Gasteiger partial charge in [0.2, 0.25) is 5.91 Å². The number of aryl methyl sites for hydroxylation is 1. The van der Waals surface area contributed by atoms with Gasteiger partial charge < -0.3 is 10.6 Å². The minimum atomic E-state index is -4.55. The summed E-state index contributed by atoms with van der Waals surface area (Å²) in [6, 6.07) is 5.16. The Hall–Kier alpha value is -3.04. The smallest absolute Gasteiger partial charge is 0.338 e. The molecule has 1 aliphatic carbocycles. The Morgan fingerprint density at radius 3 is 2.83 bits per heavy atom. The van der Waals surface area contributed by atoms with Crippen molar-refractivity contribution in [1.29, 1.82) is 0 Å². The van der Waals surface area contributed by atoms with Crippen molar-refractivity contribution in [2.24, 2.45) is 5.92 Å². The summed E-state index contributed by atoms with van der Waals surface area (Å²) in [5, 5.41) is 11.4. The molecule has 2 heterocycles. The number of hydrogen-bond donors (Lipinski definition) is 3. The molecule has 0 bridgehead atoms. The molecule has 1 aromatic carbocycles. The number of H-pyrrole nitrogens is 1. The molecule has 3 amide bonds. The van der Waals surface area contributed by atoms with Gasteiger partial charge in [-0.05, 0) is 50.3 Å². The molecule has 2 aromatic rings. The Balaban J connectivity index is 1.49. The van der Waals surface area contributed by atoms with Crippen molar-refractivity contribution in [3.05, 3.63) is 40.7 Å². The van der Waals surface area contributed by atoms with Crippen LogP contribution in [0.15, 0.2) is 18.2 Å². The number of urea groups is 1. The van der Waals surface area contributed by atoms with Crippen LogP contribution in [0.3, 0.4) is 0 Å². The van der Waals surface area contributed by atoms with Crippen LogP contribution in [0.1, 0.15) is 35.9 Å². The SMILES string of the molecule is CCNC(=O)N1CCc2ccc(NC(=O)[C@H]3CCc4[nH]nc(C(F)(F)F)c4C3)cc21. The molecule has 4 rings (SSSR count). The van der Waals surface area contributed by atoms with Gasteiger partial charge >= 0.3 is 12.2 Å². The number of anilines is 2. The van der Waals surface area contributed by atoms with E-state index in [4.69, 9.17) is 0 Å². The Bertz CT molecular complexity index is 985. The number of fused-ring (bicyclic) bond motifs is 2. The number of aromatic nitrogens is 2. The minimum Gasteiger partial charge on any atom is -0.338 e.